The Bertz CT molecular complexity index is 722. The van der Waals surface area contributed by atoms with E-state index in [0.29, 0.717) is 11.3 Å². The Balaban J connectivity index is 1.93. The van der Waals surface area contributed by atoms with Gasteiger partial charge in [-0.3, -0.25) is 9.59 Å². The maximum atomic E-state index is 12.3. The van der Waals surface area contributed by atoms with Crippen LogP contribution in [0.25, 0.3) is 0 Å². The molecule has 0 saturated carbocycles. The molecule has 2 rings (SSSR count). The molecule has 0 aliphatic heterocycles. The summed E-state index contributed by atoms with van der Waals surface area (Å²) in [7, 11) is 0. The van der Waals surface area contributed by atoms with Gasteiger partial charge in [-0.2, -0.15) is 0 Å². The van der Waals surface area contributed by atoms with Crippen molar-refractivity contribution in [2.24, 2.45) is 0 Å². The van der Waals surface area contributed by atoms with Crippen LogP contribution in [0, 0.1) is 13.8 Å². The third kappa shape index (κ3) is 4.76. The highest BCUT2D eigenvalue weighted by Gasteiger charge is 2.12. The lowest BCUT2D eigenvalue weighted by Crippen LogP contribution is -2.14. The second-order valence-electron chi connectivity index (χ2n) is 5.65. The number of Topliss-reactive ketones (excluding diaryl/α,β-unsaturated/α-hetero) is 1. The fourth-order valence-electron chi connectivity index (χ4n) is 2.37. The van der Waals surface area contributed by atoms with E-state index >= 15 is 0 Å². The van der Waals surface area contributed by atoms with E-state index in [1.54, 1.807) is 24.3 Å². The summed E-state index contributed by atoms with van der Waals surface area (Å²) in [5.41, 5.74) is 4.00. The summed E-state index contributed by atoms with van der Waals surface area (Å²) in [6.45, 7) is 3.76. The zero-order valence-corrected chi connectivity index (χ0v) is 13.4. The number of carbonyl (C=O) groups is 2. The van der Waals surface area contributed by atoms with Gasteiger partial charge in [0.2, 0.25) is 5.91 Å². The Kier molecular flexibility index (Phi) is 5.66. The van der Waals surface area contributed by atoms with Crippen LogP contribution in [-0.4, -0.2) is 16.8 Å². The smallest absolute Gasteiger partial charge is 0.224 e. The number of aliphatic hydroxyl groups excluding tert-OH is 1. The molecule has 0 radical (unpaired) electrons. The summed E-state index contributed by atoms with van der Waals surface area (Å²) < 4.78 is 0. The number of rotatable bonds is 6. The minimum Gasteiger partial charge on any atom is -0.392 e. The van der Waals surface area contributed by atoms with Crippen molar-refractivity contribution in [2.75, 3.05) is 5.32 Å². The normalized spacial score (nSPS) is 10.4. The van der Waals surface area contributed by atoms with Crippen molar-refractivity contribution in [3.63, 3.8) is 0 Å². The van der Waals surface area contributed by atoms with Crippen LogP contribution < -0.4 is 5.32 Å². The Hall–Kier alpha value is -2.46. The average molecular weight is 311 g/mol. The Morgan fingerprint density at radius 3 is 2.57 bits per heavy atom. The van der Waals surface area contributed by atoms with Crippen molar-refractivity contribution in [1.29, 1.82) is 0 Å². The van der Waals surface area contributed by atoms with Crippen LogP contribution >= 0.6 is 0 Å². The number of nitrogens with one attached hydrogen (secondary N) is 1. The number of benzene rings is 2. The molecule has 0 aromatic heterocycles. The van der Waals surface area contributed by atoms with Gasteiger partial charge in [-0.15, -0.1) is 0 Å². The van der Waals surface area contributed by atoms with Gasteiger partial charge in [0.25, 0.3) is 0 Å². The Morgan fingerprint density at radius 1 is 1.04 bits per heavy atom. The molecule has 0 aliphatic carbocycles. The minimum atomic E-state index is -0.209. The third-order valence-electron chi connectivity index (χ3n) is 3.67. The number of ketones is 1. The molecule has 4 nitrogen and oxygen atoms in total. The zero-order chi connectivity index (χ0) is 16.8. The molecule has 23 heavy (non-hydrogen) atoms. The second kappa shape index (κ2) is 7.70. The van der Waals surface area contributed by atoms with Crippen molar-refractivity contribution in [2.45, 2.75) is 33.3 Å². The number of hydrogen-bond acceptors (Lipinski definition) is 3. The summed E-state index contributed by atoms with van der Waals surface area (Å²) in [6, 6.07) is 12.8. The van der Waals surface area contributed by atoms with Crippen LogP contribution in [-0.2, 0) is 11.4 Å². The van der Waals surface area contributed by atoms with Crippen LogP contribution in [0.1, 0.15) is 39.9 Å². The number of hydrogen-bond donors (Lipinski definition) is 2. The van der Waals surface area contributed by atoms with E-state index in [2.05, 4.69) is 5.32 Å². The van der Waals surface area contributed by atoms with Gasteiger partial charge in [0.15, 0.2) is 5.78 Å². The van der Waals surface area contributed by atoms with Crippen LogP contribution in [0.5, 0.6) is 0 Å². The van der Waals surface area contributed by atoms with E-state index in [0.717, 1.165) is 16.7 Å². The molecule has 0 atom stereocenters. The molecule has 0 heterocycles. The van der Waals surface area contributed by atoms with E-state index < -0.39 is 0 Å². The lowest BCUT2D eigenvalue weighted by Gasteiger charge is -2.08. The molecule has 1 amide bonds. The quantitative estimate of drug-likeness (QED) is 0.804. The van der Waals surface area contributed by atoms with Crippen LogP contribution in [0.4, 0.5) is 5.69 Å². The lowest BCUT2D eigenvalue weighted by atomic mass is 9.99. The first kappa shape index (κ1) is 16.9. The molecule has 120 valence electrons. The van der Waals surface area contributed by atoms with Crippen molar-refractivity contribution in [1.82, 2.24) is 0 Å². The number of aliphatic hydroxyl groups is 1. The molecule has 0 unspecified atom stereocenters. The number of amides is 1. The minimum absolute atomic E-state index is 0.0227. The van der Waals surface area contributed by atoms with Gasteiger partial charge in [-0.25, -0.2) is 0 Å². The van der Waals surface area contributed by atoms with E-state index in [4.69, 9.17) is 5.11 Å². The first-order valence-electron chi connectivity index (χ1n) is 7.59. The molecule has 2 aromatic rings. The van der Waals surface area contributed by atoms with Gasteiger partial charge < -0.3 is 10.4 Å². The Labute approximate surface area is 136 Å². The van der Waals surface area contributed by atoms with Gasteiger partial charge in [0, 0.05) is 24.1 Å². The molecule has 2 aromatic carbocycles. The number of anilines is 1. The summed E-state index contributed by atoms with van der Waals surface area (Å²) >= 11 is 0. The molecule has 0 spiro atoms. The topological polar surface area (TPSA) is 66.4 Å². The van der Waals surface area contributed by atoms with Crippen LogP contribution in [0.2, 0.25) is 0 Å². The van der Waals surface area contributed by atoms with Gasteiger partial charge in [-0.05, 0) is 43.2 Å². The summed E-state index contributed by atoms with van der Waals surface area (Å²) in [5, 5.41) is 11.8. The van der Waals surface area contributed by atoms with E-state index in [-0.39, 0.29) is 31.1 Å². The number of aryl methyl sites for hydroxylation is 2. The molecule has 0 saturated heterocycles. The third-order valence-corrected chi connectivity index (χ3v) is 3.67. The van der Waals surface area contributed by atoms with Gasteiger partial charge >= 0.3 is 0 Å². The van der Waals surface area contributed by atoms with Crippen molar-refractivity contribution in [3.8, 4) is 0 Å². The molecule has 0 bridgehead atoms. The van der Waals surface area contributed by atoms with Crippen LogP contribution in [0.3, 0.4) is 0 Å². The summed E-state index contributed by atoms with van der Waals surface area (Å²) in [5.74, 6) is -0.232. The fraction of sp³-hybridized carbons (Fsp3) is 0.263. The van der Waals surface area contributed by atoms with Crippen molar-refractivity contribution >= 4 is 17.4 Å². The molecule has 0 fully saturated rings. The van der Waals surface area contributed by atoms with Crippen LogP contribution in [0.15, 0.2) is 42.5 Å². The van der Waals surface area contributed by atoms with Gasteiger partial charge in [0.05, 0.1) is 6.61 Å². The fourth-order valence-corrected chi connectivity index (χ4v) is 2.37. The molecular formula is C19H21NO3. The summed E-state index contributed by atoms with van der Waals surface area (Å²) in [4.78, 5) is 24.2. The summed E-state index contributed by atoms with van der Waals surface area (Å²) in [6.07, 6.45) is 0.311. The zero-order valence-electron chi connectivity index (χ0n) is 13.4. The average Bonchev–Trinajstić information content (AvgIpc) is 2.55. The van der Waals surface area contributed by atoms with Crippen molar-refractivity contribution in [3.05, 3.63) is 64.7 Å². The molecule has 0 aliphatic rings. The maximum absolute atomic E-state index is 12.3. The highest BCUT2D eigenvalue weighted by atomic mass is 16.3. The maximum Gasteiger partial charge on any atom is 0.224 e. The first-order chi connectivity index (χ1) is 11.0. The van der Waals surface area contributed by atoms with Crippen molar-refractivity contribution < 1.29 is 14.7 Å². The standard InChI is InChI=1S/C19H21NO3/c1-13-6-7-14(2)17(10-13)18(22)8-9-19(23)20-16-5-3-4-15(11-16)12-21/h3-7,10-11,21H,8-9,12H2,1-2H3,(H,20,23). The molecular weight excluding hydrogens is 290 g/mol. The first-order valence-corrected chi connectivity index (χ1v) is 7.59. The van der Waals surface area contributed by atoms with E-state index in [9.17, 15) is 9.59 Å². The van der Waals surface area contributed by atoms with E-state index in [1.165, 1.54) is 0 Å². The highest BCUT2D eigenvalue weighted by molar-refractivity contribution is 6.01. The predicted molar refractivity (Wildman–Crippen MR) is 90.5 cm³/mol. The highest BCUT2D eigenvalue weighted by Crippen LogP contribution is 2.15. The largest absolute Gasteiger partial charge is 0.392 e. The van der Waals surface area contributed by atoms with E-state index in [1.807, 2.05) is 32.0 Å². The molecule has 4 heteroatoms. The Morgan fingerprint density at radius 2 is 1.83 bits per heavy atom. The molecule has 2 N–H and O–H groups in total. The number of carbonyl (C=O) groups excluding carboxylic acids is 2. The lowest BCUT2D eigenvalue weighted by molar-refractivity contribution is -0.116. The monoisotopic (exact) mass is 311 g/mol. The second-order valence-corrected chi connectivity index (χ2v) is 5.65. The SMILES string of the molecule is Cc1ccc(C)c(C(=O)CCC(=O)Nc2cccc(CO)c2)c1. The predicted octanol–water partition coefficient (Wildman–Crippen LogP) is 3.40. The van der Waals surface area contributed by atoms with Gasteiger partial charge in [-0.1, -0.05) is 29.8 Å². The van der Waals surface area contributed by atoms with Gasteiger partial charge in [0.1, 0.15) is 0 Å².